The number of hydrogen-bond donors (Lipinski definition) is 1. The summed E-state index contributed by atoms with van der Waals surface area (Å²) in [5, 5.41) is 3.70. The first kappa shape index (κ1) is 15.0. The second-order valence-corrected chi connectivity index (χ2v) is 7.20. The van der Waals surface area contributed by atoms with Gasteiger partial charge in [0.05, 0.1) is 11.7 Å². The smallest absolute Gasteiger partial charge is 0.0653 e. The maximum atomic E-state index is 6.41. The molecule has 2 heteroatoms. The van der Waals surface area contributed by atoms with E-state index in [-0.39, 0.29) is 16.7 Å². The Morgan fingerprint density at radius 1 is 1.06 bits per heavy atom. The van der Waals surface area contributed by atoms with Gasteiger partial charge in [0.25, 0.3) is 0 Å². The Morgan fingerprint density at radius 2 is 1.47 bits per heavy atom. The van der Waals surface area contributed by atoms with Gasteiger partial charge in [-0.1, -0.05) is 13.8 Å². The highest BCUT2D eigenvalue weighted by molar-refractivity contribution is 4.98. The minimum Gasteiger partial charge on any atom is -0.372 e. The van der Waals surface area contributed by atoms with E-state index in [4.69, 9.17) is 4.74 Å². The molecule has 0 spiro atoms. The summed E-state index contributed by atoms with van der Waals surface area (Å²) in [6.45, 7) is 15.8. The molecule has 1 saturated heterocycles. The molecule has 17 heavy (non-hydrogen) atoms. The Hall–Kier alpha value is -0.0800. The van der Waals surface area contributed by atoms with Crippen molar-refractivity contribution in [3.63, 3.8) is 0 Å². The molecule has 1 aliphatic rings. The molecule has 1 fully saturated rings. The van der Waals surface area contributed by atoms with Gasteiger partial charge >= 0.3 is 0 Å². The largest absolute Gasteiger partial charge is 0.372 e. The molecular weight excluding hydrogens is 210 g/mol. The fourth-order valence-electron chi connectivity index (χ4n) is 3.13. The van der Waals surface area contributed by atoms with Gasteiger partial charge in [-0.25, -0.2) is 0 Å². The van der Waals surface area contributed by atoms with E-state index < -0.39 is 0 Å². The second kappa shape index (κ2) is 4.89. The molecule has 1 rings (SSSR count). The van der Waals surface area contributed by atoms with Crippen molar-refractivity contribution in [2.75, 3.05) is 0 Å². The molecule has 1 heterocycles. The van der Waals surface area contributed by atoms with Gasteiger partial charge < -0.3 is 10.1 Å². The van der Waals surface area contributed by atoms with Gasteiger partial charge in [-0.15, -0.1) is 0 Å². The predicted octanol–water partition coefficient (Wildman–Crippen LogP) is 3.89. The summed E-state index contributed by atoms with van der Waals surface area (Å²) in [7, 11) is 0. The number of nitrogens with one attached hydrogen (secondary N) is 1. The van der Waals surface area contributed by atoms with E-state index in [0.717, 1.165) is 25.7 Å². The van der Waals surface area contributed by atoms with Gasteiger partial charge in [0.1, 0.15) is 0 Å². The summed E-state index contributed by atoms with van der Waals surface area (Å²) >= 11 is 0. The van der Waals surface area contributed by atoms with Crippen LogP contribution in [0.3, 0.4) is 0 Å². The Bertz CT molecular complexity index is 238. The highest BCUT2D eigenvalue weighted by Crippen LogP contribution is 2.34. The van der Waals surface area contributed by atoms with Crippen LogP contribution in [0.5, 0.6) is 0 Å². The third kappa shape index (κ3) is 4.26. The van der Waals surface area contributed by atoms with Gasteiger partial charge in [-0.2, -0.15) is 0 Å². The average molecular weight is 241 g/mol. The first-order valence-corrected chi connectivity index (χ1v) is 7.08. The van der Waals surface area contributed by atoms with E-state index in [0.29, 0.717) is 6.10 Å². The molecule has 1 aliphatic heterocycles. The van der Waals surface area contributed by atoms with Crippen LogP contribution < -0.4 is 5.32 Å². The maximum absolute atomic E-state index is 6.41. The fourth-order valence-corrected chi connectivity index (χ4v) is 3.13. The molecule has 1 N–H and O–H groups in total. The number of hydrogen-bond acceptors (Lipinski definition) is 2. The molecule has 0 bridgehead atoms. The van der Waals surface area contributed by atoms with Crippen molar-refractivity contribution in [3.8, 4) is 0 Å². The molecule has 102 valence electrons. The Labute approximate surface area is 108 Å². The lowest BCUT2D eigenvalue weighted by Crippen LogP contribution is -2.60. The summed E-state index contributed by atoms with van der Waals surface area (Å²) in [5.41, 5.74) is 0.401. The lowest BCUT2D eigenvalue weighted by Gasteiger charge is -2.48. The van der Waals surface area contributed by atoms with Gasteiger partial charge in [0, 0.05) is 11.1 Å². The van der Waals surface area contributed by atoms with Crippen LogP contribution >= 0.6 is 0 Å². The minimum atomic E-state index is 0.0498. The standard InChI is InChI=1S/C15H31NO/c1-8-15(7,9-2)17-12-10-13(3,4)16-14(5,6)11-12/h12,16H,8-11H2,1-7H3. The molecule has 0 unspecified atom stereocenters. The summed E-state index contributed by atoms with van der Waals surface area (Å²) < 4.78 is 6.41. The first-order valence-electron chi connectivity index (χ1n) is 7.08. The van der Waals surface area contributed by atoms with Crippen LogP contribution in [0.2, 0.25) is 0 Å². The normalized spacial score (nSPS) is 24.9. The minimum absolute atomic E-state index is 0.0498. The highest BCUT2D eigenvalue weighted by atomic mass is 16.5. The Kier molecular flexibility index (Phi) is 4.31. The summed E-state index contributed by atoms with van der Waals surface area (Å²) in [5.74, 6) is 0. The average Bonchev–Trinajstić information content (AvgIpc) is 2.12. The van der Waals surface area contributed by atoms with Crippen molar-refractivity contribution in [1.29, 1.82) is 0 Å². The maximum Gasteiger partial charge on any atom is 0.0653 e. The van der Waals surface area contributed by atoms with Gasteiger partial charge in [-0.3, -0.25) is 0 Å². The zero-order chi connectivity index (χ0) is 13.3. The van der Waals surface area contributed by atoms with E-state index in [9.17, 15) is 0 Å². The van der Waals surface area contributed by atoms with Gasteiger partial charge in [0.2, 0.25) is 0 Å². The molecule has 0 aromatic carbocycles. The zero-order valence-electron chi connectivity index (χ0n) is 12.8. The molecule has 0 amide bonds. The summed E-state index contributed by atoms with van der Waals surface area (Å²) in [4.78, 5) is 0. The molecular formula is C15H31NO. The number of rotatable bonds is 4. The van der Waals surface area contributed by atoms with E-state index in [2.05, 4.69) is 53.8 Å². The monoisotopic (exact) mass is 241 g/mol. The van der Waals surface area contributed by atoms with Crippen LogP contribution in [0.4, 0.5) is 0 Å². The van der Waals surface area contributed by atoms with Crippen LogP contribution in [0.15, 0.2) is 0 Å². The van der Waals surface area contributed by atoms with Crippen LogP contribution in [-0.4, -0.2) is 22.8 Å². The van der Waals surface area contributed by atoms with Crippen molar-refractivity contribution in [2.45, 2.75) is 96.9 Å². The van der Waals surface area contributed by atoms with Crippen molar-refractivity contribution < 1.29 is 4.74 Å². The Morgan fingerprint density at radius 3 is 1.82 bits per heavy atom. The van der Waals surface area contributed by atoms with Crippen LogP contribution in [0.25, 0.3) is 0 Å². The van der Waals surface area contributed by atoms with Crippen molar-refractivity contribution in [3.05, 3.63) is 0 Å². The van der Waals surface area contributed by atoms with E-state index in [1.54, 1.807) is 0 Å². The predicted molar refractivity (Wildman–Crippen MR) is 74.4 cm³/mol. The quantitative estimate of drug-likeness (QED) is 0.806. The SMILES string of the molecule is CCC(C)(CC)OC1CC(C)(C)NC(C)(C)C1. The lowest BCUT2D eigenvalue weighted by atomic mass is 9.80. The molecule has 0 aliphatic carbocycles. The fraction of sp³-hybridized carbons (Fsp3) is 1.00. The van der Waals surface area contributed by atoms with E-state index in [1.165, 1.54) is 0 Å². The summed E-state index contributed by atoms with van der Waals surface area (Å²) in [6, 6.07) is 0. The van der Waals surface area contributed by atoms with E-state index in [1.807, 2.05) is 0 Å². The second-order valence-electron chi connectivity index (χ2n) is 7.20. The topological polar surface area (TPSA) is 21.3 Å². The molecule has 0 aromatic rings. The van der Waals surface area contributed by atoms with Crippen LogP contribution in [0.1, 0.15) is 74.1 Å². The zero-order valence-corrected chi connectivity index (χ0v) is 12.8. The van der Waals surface area contributed by atoms with Gasteiger partial charge in [0.15, 0.2) is 0 Å². The van der Waals surface area contributed by atoms with Crippen LogP contribution in [0, 0.1) is 0 Å². The molecule has 0 radical (unpaired) electrons. The van der Waals surface area contributed by atoms with Crippen molar-refractivity contribution in [1.82, 2.24) is 5.32 Å². The molecule has 2 nitrogen and oxygen atoms in total. The highest BCUT2D eigenvalue weighted by Gasteiger charge is 2.40. The van der Waals surface area contributed by atoms with Crippen LogP contribution in [-0.2, 0) is 4.74 Å². The van der Waals surface area contributed by atoms with Crippen molar-refractivity contribution >= 4 is 0 Å². The Balaban J connectivity index is 2.71. The molecule has 0 aromatic heterocycles. The molecule has 0 atom stereocenters. The lowest BCUT2D eigenvalue weighted by molar-refractivity contribution is -0.120. The van der Waals surface area contributed by atoms with Gasteiger partial charge in [-0.05, 0) is 60.3 Å². The van der Waals surface area contributed by atoms with Crippen molar-refractivity contribution in [2.24, 2.45) is 0 Å². The van der Waals surface area contributed by atoms with E-state index >= 15 is 0 Å². The third-order valence-electron chi connectivity index (χ3n) is 4.10. The number of ether oxygens (including phenoxy) is 1. The molecule has 0 saturated carbocycles. The third-order valence-corrected chi connectivity index (χ3v) is 4.10. The first-order chi connectivity index (χ1) is 7.61. The summed E-state index contributed by atoms with van der Waals surface area (Å²) in [6.07, 6.45) is 4.77. The number of piperidine rings is 1.